The van der Waals surface area contributed by atoms with Crippen molar-refractivity contribution in [1.29, 1.82) is 0 Å². The number of aromatic nitrogens is 1. The minimum Gasteiger partial charge on any atom is -0.397 e. The van der Waals surface area contributed by atoms with E-state index in [0.29, 0.717) is 27.9 Å². The zero-order valence-corrected chi connectivity index (χ0v) is 15.7. The molecule has 3 aromatic rings. The van der Waals surface area contributed by atoms with E-state index >= 15 is 0 Å². The number of halogens is 1. The topological polar surface area (TPSA) is 77.2 Å². The number of nitrogens with one attached hydrogen (secondary N) is 1. The van der Waals surface area contributed by atoms with Crippen molar-refractivity contribution in [2.75, 3.05) is 18.2 Å². The van der Waals surface area contributed by atoms with E-state index in [1.807, 2.05) is 26.0 Å². The van der Waals surface area contributed by atoms with Crippen molar-refractivity contribution in [2.45, 2.75) is 20.5 Å². The molecule has 5 nitrogen and oxygen atoms in total. The van der Waals surface area contributed by atoms with Crippen molar-refractivity contribution in [3.8, 4) is 0 Å². The number of rotatable bonds is 4. The van der Waals surface area contributed by atoms with Crippen LogP contribution in [0.1, 0.15) is 26.5 Å². The van der Waals surface area contributed by atoms with Crippen LogP contribution in [0.4, 0.5) is 11.4 Å². The number of amides is 1. The number of anilines is 2. The summed E-state index contributed by atoms with van der Waals surface area (Å²) in [5.74, 6) is -0.271. The molecule has 0 fully saturated rings. The molecule has 0 aliphatic rings. The summed E-state index contributed by atoms with van der Waals surface area (Å²) >= 11 is 7.30. The first-order valence-corrected chi connectivity index (χ1v) is 8.85. The molecule has 0 saturated carbocycles. The number of ether oxygens (including phenoxy) is 1. The van der Waals surface area contributed by atoms with E-state index in [1.165, 1.54) is 11.3 Å². The number of nitrogens with two attached hydrogens (primary N) is 1. The van der Waals surface area contributed by atoms with Crippen LogP contribution in [-0.2, 0) is 11.3 Å². The Kier molecular flexibility index (Phi) is 4.94. The van der Waals surface area contributed by atoms with Crippen molar-refractivity contribution in [3.63, 3.8) is 0 Å². The van der Waals surface area contributed by atoms with Crippen LogP contribution in [0.15, 0.2) is 24.3 Å². The quantitative estimate of drug-likeness (QED) is 0.701. The average Bonchev–Trinajstić information content (AvgIpc) is 2.88. The third-order valence-electron chi connectivity index (χ3n) is 3.86. The number of benzene rings is 1. The normalized spacial score (nSPS) is 11.0. The number of hydrogen-bond acceptors (Lipinski definition) is 5. The van der Waals surface area contributed by atoms with E-state index in [9.17, 15) is 4.79 Å². The molecule has 0 spiro atoms. The number of fused-ring (bicyclic) bond motifs is 1. The fourth-order valence-corrected chi connectivity index (χ4v) is 3.94. The first kappa shape index (κ1) is 17.7. The van der Waals surface area contributed by atoms with Crippen LogP contribution in [0, 0.1) is 13.8 Å². The molecule has 0 unspecified atom stereocenters. The monoisotopic (exact) mass is 375 g/mol. The molecule has 2 heterocycles. The van der Waals surface area contributed by atoms with Crippen molar-refractivity contribution < 1.29 is 9.53 Å². The molecule has 0 aliphatic heterocycles. The molecule has 130 valence electrons. The molecule has 0 aliphatic carbocycles. The lowest BCUT2D eigenvalue weighted by molar-refractivity contribution is 0.103. The fraction of sp³-hybridized carbons (Fsp3) is 0.222. The summed E-state index contributed by atoms with van der Waals surface area (Å²) in [5, 5.41) is 4.23. The van der Waals surface area contributed by atoms with Crippen LogP contribution in [0.5, 0.6) is 0 Å². The van der Waals surface area contributed by atoms with Crippen molar-refractivity contribution in [3.05, 3.63) is 51.0 Å². The highest BCUT2D eigenvalue weighted by Crippen LogP contribution is 2.36. The Hall–Kier alpha value is -2.15. The molecular formula is C18H18ClN3O2S. The van der Waals surface area contributed by atoms with Crippen molar-refractivity contribution >= 4 is 50.4 Å². The number of thiophene rings is 1. The summed E-state index contributed by atoms with van der Waals surface area (Å²) in [6.45, 7) is 4.22. The van der Waals surface area contributed by atoms with E-state index in [-0.39, 0.29) is 5.91 Å². The number of methoxy groups -OCH3 is 1. The number of aryl methyl sites for hydroxylation is 2. The fourth-order valence-electron chi connectivity index (χ4n) is 2.68. The van der Waals surface area contributed by atoms with Gasteiger partial charge in [0.15, 0.2) is 0 Å². The molecule has 2 aromatic heterocycles. The molecule has 3 rings (SSSR count). The van der Waals surface area contributed by atoms with Gasteiger partial charge in [0.2, 0.25) is 0 Å². The van der Waals surface area contributed by atoms with E-state index < -0.39 is 0 Å². The Labute approximate surface area is 154 Å². The first-order valence-electron chi connectivity index (χ1n) is 7.65. The maximum absolute atomic E-state index is 12.7. The Bertz CT molecular complexity index is 969. The van der Waals surface area contributed by atoms with Crippen LogP contribution in [0.3, 0.4) is 0 Å². The molecule has 7 heteroatoms. The number of carbonyl (C=O) groups excluding carboxylic acids is 1. The molecule has 0 radical (unpaired) electrons. The largest absolute Gasteiger partial charge is 0.397 e. The molecule has 3 N–H and O–H groups in total. The lowest BCUT2D eigenvalue weighted by Gasteiger charge is -2.08. The summed E-state index contributed by atoms with van der Waals surface area (Å²) in [7, 11) is 1.62. The number of hydrogen-bond donors (Lipinski definition) is 2. The molecule has 0 saturated heterocycles. The van der Waals surface area contributed by atoms with Crippen LogP contribution >= 0.6 is 22.9 Å². The summed E-state index contributed by atoms with van der Waals surface area (Å²) in [5.41, 5.74) is 10.1. The smallest absolute Gasteiger partial charge is 0.267 e. The van der Waals surface area contributed by atoms with E-state index in [0.717, 1.165) is 27.0 Å². The third kappa shape index (κ3) is 3.46. The lowest BCUT2D eigenvalue weighted by atomic mass is 10.1. The standard InChI is InChI=1S/C18H18ClN3O2S/c1-9-4-5-12(19)7-13(9)22-17(23)16-15(20)14-11(8-24-3)6-10(2)21-18(14)25-16/h4-7H,8,20H2,1-3H3,(H,22,23). The van der Waals surface area contributed by atoms with E-state index in [4.69, 9.17) is 22.1 Å². The van der Waals surface area contributed by atoms with Crippen LogP contribution < -0.4 is 11.1 Å². The minimum absolute atomic E-state index is 0.271. The number of pyridine rings is 1. The molecule has 1 aromatic carbocycles. The average molecular weight is 376 g/mol. The Morgan fingerprint density at radius 2 is 2.12 bits per heavy atom. The highest BCUT2D eigenvalue weighted by Gasteiger charge is 2.20. The van der Waals surface area contributed by atoms with Gasteiger partial charge in [-0.25, -0.2) is 4.98 Å². The maximum atomic E-state index is 12.7. The minimum atomic E-state index is -0.271. The highest BCUT2D eigenvalue weighted by molar-refractivity contribution is 7.21. The lowest BCUT2D eigenvalue weighted by Crippen LogP contribution is -2.13. The van der Waals surface area contributed by atoms with Crippen molar-refractivity contribution in [1.82, 2.24) is 4.98 Å². The summed E-state index contributed by atoms with van der Waals surface area (Å²) in [6, 6.07) is 7.28. The van der Waals surface area contributed by atoms with Gasteiger partial charge in [-0.1, -0.05) is 17.7 Å². The van der Waals surface area contributed by atoms with Crippen LogP contribution in [0.25, 0.3) is 10.2 Å². The highest BCUT2D eigenvalue weighted by atomic mass is 35.5. The zero-order valence-electron chi connectivity index (χ0n) is 14.1. The molecule has 25 heavy (non-hydrogen) atoms. The number of nitrogen functional groups attached to an aromatic ring is 1. The molecule has 0 atom stereocenters. The Balaban J connectivity index is 2.03. The van der Waals surface area contributed by atoms with Gasteiger partial charge < -0.3 is 15.8 Å². The van der Waals surface area contributed by atoms with Crippen LogP contribution in [0.2, 0.25) is 5.02 Å². The first-order chi connectivity index (χ1) is 11.9. The van der Waals surface area contributed by atoms with Gasteiger partial charge in [-0.2, -0.15) is 0 Å². The Morgan fingerprint density at radius 3 is 2.84 bits per heavy atom. The van der Waals surface area contributed by atoms with Gasteiger partial charge in [-0.05, 0) is 43.2 Å². The maximum Gasteiger partial charge on any atom is 0.267 e. The number of nitrogens with zero attached hydrogens (tertiary/aromatic N) is 1. The van der Waals surface area contributed by atoms with Gasteiger partial charge in [-0.3, -0.25) is 4.79 Å². The van der Waals surface area contributed by atoms with Crippen molar-refractivity contribution in [2.24, 2.45) is 0 Å². The summed E-state index contributed by atoms with van der Waals surface area (Å²) in [4.78, 5) is 18.4. The van der Waals surface area contributed by atoms with Gasteiger partial charge >= 0.3 is 0 Å². The SMILES string of the molecule is COCc1cc(C)nc2sc(C(=O)Nc3cc(Cl)ccc3C)c(N)c12. The van der Waals surface area contributed by atoms with Gasteiger partial charge in [0.25, 0.3) is 5.91 Å². The molecular weight excluding hydrogens is 358 g/mol. The van der Waals surface area contributed by atoms with Gasteiger partial charge in [0.05, 0.1) is 12.3 Å². The second-order valence-electron chi connectivity index (χ2n) is 5.79. The number of carbonyl (C=O) groups is 1. The summed E-state index contributed by atoms with van der Waals surface area (Å²) < 4.78 is 5.25. The van der Waals surface area contributed by atoms with Gasteiger partial charge in [0, 0.05) is 28.9 Å². The Morgan fingerprint density at radius 1 is 1.36 bits per heavy atom. The van der Waals surface area contributed by atoms with Crippen LogP contribution in [-0.4, -0.2) is 18.0 Å². The third-order valence-corrected chi connectivity index (χ3v) is 5.20. The van der Waals surface area contributed by atoms with E-state index in [2.05, 4.69) is 10.3 Å². The molecule has 0 bridgehead atoms. The predicted molar refractivity (Wildman–Crippen MR) is 104 cm³/mol. The van der Waals surface area contributed by atoms with Gasteiger partial charge in [0.1, 0.15) is 9.71 Å². The van der Waals surface area contributed by atoms with E-state index in [1.54, 1.807) is 19.2 Å². The zero-order chi connectivity index (χ0) is 18.1. The molecule has 1 amide bonds. The predicted octanol–water partition coefficient (Wildman–Crippen LogP) is 4.55. The van der Waals surface area contributed by atoms with Gasteiger partial charge in [-0.15, -0.1) is 11.3 Å². The second-order valence-corrected chi connectivity index (χ2v) is 7.23. The summed E-state index contributed by atoms with van der Waals surface area (Å²) in [6.07, 6.45) is 0. The second kappa shape index (κ2) is 7.00.